The first-order valence-electron chi connectivity index (χ1n) is 5.65. The largest absolute Gasteiger partial charge is 0.394 e. The summed E-state index contributed by atoms with van der Waals surface area (Å²) in [5.41, 5.74) is -0.630. The Balaban J connectivity index is 2.21. The quantitative estimate of drug-likeness (QED) is 0.633. The van der Waals surface area contributed by atoms with Crippen LogP contribution in [0, 0.1) is 16.0 Å². The van der Waals surface area contributed by atoms with E-state index in [-0.39, 0.29) is 17.3 Å². The van der Waals surface area contributed by atoms with E-state index in [0.717, 1.165) is 19.0 Å². The van der Waals surface area contributed by atoms with E-state index >= 15 is 0 Å². The van der Waals surface area contributed by atoms with Crippen molar-refractivity contribution in [2.24, 2.45) is 5.92 Å². The highest BCUT2D eigenvalue weighted by Gasteiger charge is 2.41. The Labute approximate surface area is 109 Å². The highest BCUT2D eigenvalue weighted by Crippen LogP contribution is 2.41. The van der Waals surface area contributed by atoms with Crippen LogP contribution in [0.4, 0.5) is 11.5 Å². The van der Waals surface area contributed by atoms with Crippen LogP contribution < -0.4 is 5.32 Å². The van der Waals surface area contributed by atoms with Crippen molar-refractivity contribution in [1.29, 1.82) is 0 Å². The first kappa shape index (κ1) is 13.0. The smallest absolute Gasteiger partial charge is 0.289 e. The van der Waals surface area contributed by atoms with Crippen molar-refractivity contribution in [2.45, 2.75) is 25.3 Å². The Kier molecular flexibility index (Phi) is 3.41. The van der Waals surface area contributed by atoms with Crippen molar-refractivity contribution in [3.63, 3.8) is 0 Å². The molecule has 98 valence electrons. The predicted molar refractivity (Wildman–Crippen MR) is 67.7 cm³/mol. The van der Waals surface area contributed by atoms with E-state index in [0.29, 0.717) is 11.7 Å². The minimum atomic E-state index is -0.547. The summed E-state index contributed by atoms with van der Waals surface area (Å²) >= 11 is 5.95. The molecule has 1 heterocycles. The van der Waals surface area contributed by atoms with Gasteiger partial charge in [-0.25, -0.2) is 4.98 Å². The predicted octanol–water partition coefficient (Wildman–Crippen LogP) is 2.22. The third-order valence-electron chi connectivity index (χ3n) is 3.25. The van der Waals surface area contributed by atoms with Gasteiger partial charge in [0, 0.05) is 6.07 Å². The second-order valence-corrected chi connectivity index (χ2v) is 5.16. The molecule has 0 radical (unpaired) electrons. The van der Waals surface area contributed by atoms with Gasteiger partial charge in [-0.2, -0.15) is 0 Å². The molecule has 1 saturated carbocycles. The van der Waals surface area contributed by atoms with Gasteiger partial charge in [-0.15, -0.1) is 0 Å². The molecule has 1 aromatic rings. The number of aliphatic hydroxyl groups is 1. The molecule has 1 aliphatic rings. The van der Waals surface area contributed by atoms with Crippen molar-refractivity contribution in [3.05, 3.63) is 27.4 Å². The van der Waals surface area contributed by atoms with Crippen molar-refractivity contribution >= 4 is 23.1 Å². The molecule has 1 atom stereocenters. The van der Waals surface area contributed by atoms with E-state index in [2.05, 4.69) is 10.3 Å². The highest BCUT2D eigenvalue weighted by molar-refractivity contribution is 6.33. The van der Waals surface area contributed by atoms with Crippen molar-refractivity contribution < 1.29 is 10.0 Å². The van der Waals surface area contributed by atoms with Crippen LogP contribution in [0.5, 0.6) is 0 Å². The summed E-state index contributed by atoms with van der Waals surface area (Å²) in [5.74, 6) is 0.751. The number of pyridine rings is 1. The molecule has 0 spiro atoms. The topological polar surface area (TPSA) is 88.3 Å². The normalized spacial score (nSPS) is 18.2. The van der Waals surface area contributed by atoms with Crippen LogP contribution in [0.1, 0.15) is 19.8 Å². The maximum Gasteiger partial charge on any atom is 0.289 e. The number of hydrogen-bond acceptors (Lipinski definition) is 5. The van der Waals surface area contributed by atoms with Gasteiger partial charge in [-0.1, -0.05) is 11.6 Å². The Hall–Kier alpha value is -1.40. The van der Waals surface area contributed by atoms with Gasteiger partial charge in [0.25, 0.3) is 5.69 Å². The lowest BCUT2D eigenvalue weighted by Crippen LogP contribution is -2.41. The summed E-state index contributed by atoms with van der Waals surface area (Å²) in [7, 11) is 0. The molecular formula is C11H14ClN3O3. The summed E-state index contributed by atoms with van der Waals surface area (Å²) in [6.45, 7) is 1.86. The van der Waals surface area contributed by atoms with E-state index in [1.54, 1.807) is 0 Å². The van der Waals surface area contributed by atoms with Crippen LogP contribution in [0.25, 0.3) is 0 Å². The fourth-order valence-corrected chi connectivity index (χ4v) is 2.09. The first-order chi connectivity index (χ1) is 8.46. The maximum atomic E-state index is 10.6. The van der Waals surface area contributed by atoms with Gasteiger partial charge in [0.1, 0.15) is 12.0 Å². The molecule has 1 unspecified atom stereocenters. The fourth-order valence-electron chi connectivity index (χ4n) is 1.88. The number of nitrogens with zero attached hydrogens (tertiary/aromatic N) is 2. The second-order valence-electron chi connectivity index (χ2n) is 4.76. The number of hydrogen-bond donors (Lipinski definition) is 2. The monoisotopic (exact) mass is 271 g/mol. The number of nitro groups is 1. The number of aliphatic hydroxyl groups excluding tert-OH is 1. The van der Waals surface area contributed by atoms with Gasteiger partial charge in [-0.3, -0.25) is 10.1 Å². The van der Waals surface area contributed by atoms with Gasteiger partial charge in [0.05, 0.1) is 22.1 Å². The Morgan fingerprint density at radius 3 is 2.83 bits per heavy atom. The van der Waals surface area contributed by atoms with Gasteiger partial charge in [0.15, 0.2) is 0 Å². The summed E-state index contributed by atoms with van der Waals surface area (Å²) < 4.78 is 0. The molecule has 1 aliphatic carbocycles. The lowest BCUT2D eigenvalue weighted by Gasteiger charge is -2.29. The number of nitrogens with one attached hydrogen (secondary N) is 1. The number of anilines is 1. The molecule has 0 saturated heterocycles. The Morgan fingerprint density at radius 1 is 1.72 bits per heavy atom. The maximum absolute atomic E-state index is 10.6. The lowest BCUT2D eigenvalue weighted by atomic mass is 9.97. The third kappa shape index (κ3) is 2.54. The van der Waals surface area contributed by atoms with Crippen LogP contribution in [0.15, 0.2) is 12.3 Å². The van der Waals surface area contributed by atoms with Crippen molar-refractivity contribution in [3.8, 4) is 0 Å². The van der Waals surface area contributed by atoms with Crippen LogP contribution in [0.2, 0.25) is 5.02 Å². The molecule has 1 fully saturated rings. The number of rotatable bonds is 5. The average Bonchev–Trinajstić information content (AvgIpc) is 3.15. The lowest BCUT2D eigenvalue weighted by molar-refractivity contribution is -0.385. The summed E-state index contributed by atoms with van der Waals surface area (Å²) in [6.07, 6.45) is 3.25. The van der Waals surface area contributed by atoms with E-state index in [1.807, 2.05) is 6.92 Å². The van der Waals surface area contributed by atoms with Crippen molar-refractivity contribution in [2.75, 3.05) is 11.9 Å². The first-order valence-corrected chi connectivity index (χ1v) is 6.03. The van der Waals surface area contributed by atoms with Gasteiger partial charge in [-0.05, 0) is 25.7 Å². The molecule has 0 bridgehead atoms. The summed E-state index contributed by atoms with van der Waals surface area (Å²) in [4.78, 5) is 14.0. The third-order valence-corrected chi connectivity index (χ3v) is 3.54. The molecule has 7 heteroatoms. The van der Waals surface area contributed by atoms with Gasteiger partial charge < -0.3 is 10.4 Å². The molecule has 0 amide bonds. The minimum Gasteiger partial charge on any atom is -0.394 e. The molecule has 1 aromatic heterocycles. The van der Waals surface area contributed by atoms with E-state index in [4.69, 9.17) is 11.6 Å². The van der Waals surface area contributed by atoms with Crippen LogP contribution in [-0.4, -0.2) is 27.2 Å². The van der Waals surface area contributed by atoms with E-state index < -0.39 is 10.5 Å². The zero-order chi connectivity index (χ0) is 13.3. The zero-order valence-electron chi connectivity index (χ0n) is 9.89. The molecule has 0 aliphatic heterocycles. The molecule has 2 N–H and O–H groups in total. The Bertz CT molecular complexity index is 479. The van der Waals surface area contributed by atoms with Gasteiger partial charge in [0.2, 0.25) is 0 Å². The van der Waals surface area contributed by atoms with E-state index in [9.17, 15) is 15.2 Å². The van der Waals surface area contributed by atoms with E-state index in [1.165, 1.54) is 6.07 Å². The van der Waals surface area contributed by atoms with Crippen LogP contribution >= 0.6 is 11.6 Å². The molecule has 18 heavy (non-hydrogen) atoms. The molecule has 6 nitrogen and oxygen atoms in total. The minimum absolute atomic E-state index is 0.0351. The number of aromatic nitrogens is 1. The zero-order valence-corrected chi connectivity index (χ0v) is 10.6. The van der Waals surface area contributed by atoms with Crippen LogP contribution in [-0.2, 0) is 0 Å². The molecular weight excluding hydrogens is 258 g/mol. The SMILES string of the molecule is CC(CO)(Nc1ncc([N+](=O)[O-])cc1Cl)C1CC1. The Morgan fingerprint density at radius 2 is 2.39 bits per heavy atom. The summed E-state index contributed by atoms with van der Waals surface area (Å²) in [5, 5.41) is 23.3. The van der Waals surface area contributed by atoms with Gasteiger partial charge >= 0.3 is 0 Å². The average molecular weight is 272 g/mol. The standard InChI is InChI=1S/C11H14ClN3O3/c1-11(6-16,7-2-3-7)14-10-9(12)4-8(5-13-10)15(17)18/h4-5,7,16H,2-3,6H2,1H3,(H,13,14). The second kappa shape index (κ2) is 4.70. The number of halogens is 1. The fraction of sp³-hybridized carbons (Fsp3) is 0.545. The summed E-state index contributed by atoms with van der Waals surface area (Å²) in [6, 6.07) is 1.25. The highest BCUT2D eigenvalue weighted by atomic mass is 35.5. The van der Waals surface area contributed by atoms with Crippen molar-refractivity contribution in [1.82, 2.24) is 4.98 Å². The molecule has 2 rings (SSSR count). The molecule has 0 aromatic carbocycles. The van der Waals surface area contributed by atoms with Crippen LogP contribution in [0.3, 0.4) is 0 Å².